The molecule has 1 aliphatic rings. The highest BCUT2D eigenvalue weighted by atomic mass is 32.2. The van der Waals surface area contributed by atoms with E-state index in [1.54, 1.807) is 18.0 Å². The van der Waals surface area contributed by atoms with Crippen LogP contribution < -0.4 is 4.90 Å². The first-order chi connectivity index (χ1) is 10.4. The summed E-state index contributed by atoms with van der Waals surface area (Å²) >= 11 is 1.66. The fraction of sp³-hybridized carbons (Fsp3) is 0.143. The van der Waals surface area contributed by atoms with Crippen molar-refractivity contribution < 1.29 is 0 Å². The van der Waals surface area contributed by atoms with Gasteiger partial charge in [0.25, 0.3) is 0 Å². The van der Waals surface area contributed by atoms with Crippen molar-refractivity contribution in [2.24, 2.45) is 0 Å². The Morgan fingerprint density at radius 2 is 2.05 bits per heavy atom. The molecule has 3 aromatic rings. The number of rotatable bonds is 2. The molecular weight excluding hydrogens is 284 g/mol. The molecule has 4 heterocycles. The van der Waals surface area contributed by atoms with Crippen LogP contribution in [0.1, 0.15) is 0 Å². The van der Waals surface area contributed by atoms with Gasteiger partial charge >= 0.3 is 0 Å². The SMILES string of the molecule is c1ccc(N2CSc3nnc(-c4cccnc4)n3C2)nc1. The van der Waals surface area contributed by atoms with E-state index in [2.05, 4.69) is 29.6 Å². The standard InChI is InChI=1S/C14H12N6S/c1-2-7-16-12(5-1)19-9-20-13(11-4-3-6-15-8-11)17-18-14(20)21-10-19/h1-8H,9-10H2. The van der Waals surface area contributed by atoms with Gasteiger partial charge in [0.05, 0.1) is 5.88 Å². The van der Waals surface area contributed by atoms with Crippen molar-refractivity contribution in [1.29, 1.82) is 0 Å². The maximum Gasteiger partial charge on any atom is 0.194 e. The van der Waals surface area contributed by atoms with Gasteiger partial charge in [-0.3, -0.25) is 9.55 Å². The van der Waals surface area contributed by atoms with Gasteiger partial charge in [0.2, 0.25) is 0 Å². The predicted octanol–water partition coefficient (Wildman–Crippen LogP) is 2.26. The van der Waals surface area contributed by atoms with Gasteiger partial charge < -0.3 is 4.90 Å². The molecule has 0 N–H and O–H groups in total. The minimum absolute atomic E-state index is 0.691. The Morgan fingerprint density at radius 1 is 1.05 bits per heavy atom. The summed E-state index contributed by atoms with van der Waals surface area (Å²) in [6, 6.07) is 9.83. The third-order valence-corrected chi connectivity index (χ3v) is 4.27. The summed E-state index contributed by atoms with van der Waals surface area (Å²) < 4.78 is 2.10. The number of anilines is 1. The smallest absolute Gasteiger partial charge is 0.194 e. The fourth-order valence-electron chi connectivity index (χ4n) is 2.26. The highest BCUT2D eigenvalue weighted by Crippen LogP contribution is 2.30. The van der Waals surface area contributed by atoms with Crippen LogP contribution >= 0.6 is 11.8 Å². The van der Waals surface area contributed by atoms with Gasteiger partial charge in [-0.2, -0.15) is 0 Å². The number of fused-ring (bicyclic) bond motifs is 1. The summed E-state index contributed by atoms with van der Waals surface area (Å²) in [5.74, 6) is 2.62. The van der Waals surface area contributed by atoms with Crippen molar-refractivity contribution in [3.05, 3.63) is 48.9 Å². The largest absolute Gasteiger partial charge is 0.329 e. The quantitative estimate of drug-likeness (QED) is 0.723. The van der Waals surface area contributed by atoms with Gasteiger partial charge in [0, 0.05) is 24.2 Å². The molecule has 0 aromatic carbocycles. The Balaban J connectivity index is 1.70. The topological polar surface area (TPSA) is 59.7 Å². The molecule has 0 amide bonds. The summed E-state index contributed by atoms with van der Waals surface area (Å²) in [5, 5.41) is 9.50. The van der Waals surface area contributed by atoms with Crippen LogP contribution in [0.5, 0.6) is 0 Å². The lowest BCUT2D eigenvalue weighted by Crippen LogP contribution is -2.31. The molecule has 7 heteroatoms. The zero-order valence-corrected chi connectivity index (χ0v) is 11.9. The van der Waals surface area contributed by atoms with E-state index in [4.69, 9.17) is 0 Å². The molecule has 1 aliphatic heterocycles. The van der Waals surface area contributed by atoms with Crippen LogP contribution in [0.25, 0.3) is 11.4 Å². The maximum atomic E-state index is 4.41. The number of hydrogen-bond donors (Lipinski definition) is 0. The van der Waals surface area contributed by atoms with Crippen LogP contribution in [0.15, 0.2) is 54.1 Å². The monoisotopic (exact) mass is 296 g/mol. The minimum Gasteiger partial charge on any atom is -0.329 e. The van der Waals surface area contributed by atoms with E-state index >= 15 is 0 Å². The van der Waals surface area contributed by atoms with E-state index in [-0.39, 0.29) is 0 Å². The number of pyridine rings is 2. The molecule has 104 valence electrons. The number of hydrogen-bond acceptors (Lipinski definition) is 6. The first-order valence-corrected chi connectivity index (χ1v) is 7.53. The average molecular weight is 296 g/mol. The molecule has 6 nitrogen and oxygen atoms in total. The van der Waals surface area contributed by atoms with Crippen molar-refractivity contribution in [3.8, 4) is 11.4 Å². The van der Waals surface area contributed by atoms with E-state index < -0.39 is 0 Å². The molecule has 0 spiro atoms. The minimum atomic E-state index is 0.691. The van der Waals surface area contributed by atoms with Crippen molar-refractivity contribution in [1.82, 2.24) is 24.7 Å². The predicted molar refractivity (Wildman–Crippen MR) is 80.7 cm³/mol. The number of aromatic nitrogens is 5. The van der Waals surface area contributed by atoms with Crippen LogP contribution in [0.2, 0.25) is 0 Å². The van der Waals surface area contributed by atoms with Gasteiger partial charge in [0.15, 0.2) is 11.0 Å². The first-order valence-electron chi connectivity index (χ1n) is 6.54. The molecule has 0 aliphatic carbocycles. The maximum absolute atomic E-state index is 4.41. The highest BCUT2D eigenvalue weighted by molar-refractivity contribution is 7.99. The average Bonchev–Trinajstić information content (AvgIpc) is 2.99. The second-order valence-electron chi connectivity index (χ2n) is 4.62. The molecule has 4 rings (SSSR count). The van der Waals surface area contributed by atoms with Gasteiger partial charge in [-0.1, -0.05) is 17.8 Å². The summed E-state index contributed by atoms with van der Waals surface area (Å²) in [6.45, 7) is 0.691. The lowest BCUT2D eigenvalue weighted by Gasteiger charge is -2.28. The zero-order valence-electron chi connectivity index (χ0n) is 11.1. The van der Waals surface area contributed by atoms with E-state index in [1.807, 2.05) is 42.7 Å². The second-order valence-corrected chi connectivity index (χ2v) is 5.53. The van der Waals surface area contributed by atoms with Crippen LogP contribution in [-0.2, 0) is 6.67 Å². The molecule has 0 radical (unpaired) electrons. The third kappa shape index (κ3) is 2.25. The second kappa shape index (κ2) is 5.17. The van der Waals surface area contributed by atoms with Crippen LogP contribution in [0.4, 0.5) is 5.82 Å². The zero-order chi connectivity index (χ0) is 14.1. The molecule has 0 fully saturated rings. The lowest BCUT2D eigenvalue weighted by atomic mass is 10.3. The highest BCUT2D eigenvalue weighted by Gasteiger charge is 2.23. The summed E-state index contributed by atoms with van der Waals surface area (Å²) in [7, 11) is 0. The van der Waals surface area contributed by atoms with Crippen molar-refractivity contribution in [3.63, 3.8) is 0 Å². The molecule has 0 saturated carbocycles. The molecular formula is C14H12N6S. The first kappa shape index (κ1) is 12.3. The fourth-order valence-corrected chi connectivity index (χ4v) is 3.14. The molecule has 0 atom stereocenters. The normalized spacial score (nSPS) is 14.0. The van der Waals surface area contributed by atoms with Crippen LogP contribution in [0, 0.1) is 0 Å². The van der Waals surface area contributed by atoms with Gasteiger partial charge in [-0.15, -0.1) is 10.2 Å². The Hall–Kier alpha value is -2.41. The van der Waals surface area contributed by atoms with E-state index in [0.29, 0.717) is 6.67 Å². The van der Waals surface area contributed by atoms with Crippen LogP contribution in [-0.4, -0.2) is 30.6 Å². The molecule has 0 bridgehead atoms. The Kier molecular flexibility index (Phi) is 3.04. The van der Waals surface area contributed by atoms with E-state index in [9.17, 15) is 0 Å². The Labute approximate surface area is 125 Å². The lowest BCUT2D eigenvalue weighted by molar-refractivity contribution is 0.603. The van der Waals surface area contributed by atoms with Gasteiger partial charge in [0.1, 0.15) is 12.5 Å². The van der Waals surface area contributed by atoms with Gasteiger partial charge in [-0.25, -0.2) is 4.98 Å². The molecule has 0 saturated heterocycles. The summed E-state index contributed by atoms with van der Waals surface area (Å²) in [6.07, 6.45) is 5.37. The molecule has 0 unspecified atom stereocenters. The van der Waals surface area contributed by atoms with Crippen molar-refractivity contribution in [2.45, 2.75) is 11.8 Å². The third-order valence-electron chi connectivity index (χ3n) is 3.27. The summed E-state index contributed by atoms with van der Waals surface area (Å²) in [4.78, 5) is 10.8. The van der Waals surface area contributed by atoms with E-state index in [1.165, 1.54) is 0 Å². The molecule has 21 heavy (non-hydrogen) atoms. The van der Waals surface area contributed by atoms with Crippen molar-refractivity contribution in [2.75, 3.05) is 10.8 Å². The molecule has 3 aromatic heterocycles. The van der Waals surface area contributed by atoms with Gasteiger partial charge in [-0.05, 0) is 24.3 Å². The summed E-state index contributed by atoms with van der Waals surface area (Å²) in [5.41, 5.74) is 0.972. The Morgan fingerprint density at radius 3 is 2.86 bits per heavy atom. The Bertz CT molecular complexity index is 743. The van der Waals surface area contributed by atoms with Crippen LogP contribution in [0.3, 0.4) is 0 Å². The number of nitrogens with zero attached hydrogens (tertiary/aromatic N) is 6. The number of thioether (sulfide) groups is 1. The van der Waals surface area contributed by atoms with E-state index in [0.717, 1.165) is 28.2 Å². The van der Waals surface area contributed by atoms with Crippen molar-refractivity contribution >= 4 is 17.6 Å².